The molecule has 0 unspecified atom stereocenters. The van der Waals surface area contributed by atoms with E-state index < -0.39 is 28.4 Å². The molecule has 6 nitrogen and oxygen atoms in total. The van der Waals surface area contributed by atoms with Crippen molar-refractivity contribution in [3.8, 4) is 5.75 Å². The standard InChI is InChI=1S/C20H22FNO5S/c1-26-20(23)14-22(28(24,25)19-12-6-15(21)7-13-19)16-8-10-18(11-9-16)27-17-4-2-3-5-17/h6-13,17H,2-5,14H2,1H3. The van der Waals surface area contributed by atoms with Crippen molar-refractivity contribution in [2.24, 2.45) is 0 Å². The van der Waals surface area contributed by atoms with Crippen LogP contribution in [0.2, 0.25) is 0 Å². The lowest BCUT2D eigenvalue weighted by atomic mass is 10.2. The topological polar surface area (TPSA) is 72.9 Å². The van der Waals surface area contributed by atoms with Gasteiger partial charge in [-0.1, -0.05) is 0 Å². The van der Waals surface area contributed by atoms with Crippen LogP contribution in [-0.4, -0.2) is 34.1 Å². The maximum atomic E-state index is 13.2. The van der Waals surface area contributed by atoms with Crippen molar-refractivity contribution in [3.63, 3.8) is 0 Å². The third-order valence-electron chi connectivity index (χ3n) is 4.63. The number of nitrogens with zero attached hydrogens (tertiary/aromatic N) is 1. The first-order valence-electron chi connectivity index (χ1n) is 9.02. The number of hydrogen-bond donors (Lipinski definition) is 0. The van der Waals surface area contributed by atoms with Crippen LogP contribution in [0.25, 0.3) is 0 Å². The molecule has 3 rings (SSSR count). The number of sulfonamides is 1. The second kappa shape index (κ2) is 8.60. The normalized spacial score (nSPS) is 14.6. The molecule has 28 heavy (non-hydrogen) atoms. The fourth-order valence-corrected chi connectivity index (χ4v) is 4.53. The molecule has 1 aliphatic rings. The van der Waals surface area contributed by atoms with E-state index in [0.717, 1.165) is 54.3 Å². The number of methoxy groups -OCH3 is 1. The van der Waals surface area contributed by atoms with Gasteiger partial charge in [-0.25, -0.2) is 12.8 Å². The summed E-state index contributed by atoms with van der Waals surface area (Å²) in [4.78, 5) is 11.7. The van der Waals surface area contributed by atoms with E-state index in [-0.39, 0.29) is 16.7 Å². The number of rotatable bonds is 7. The zero-order valence-corrected chi connectivity index (χ0v) is 16.3. The van der Waals surface area contributed by atoms with Gasteiger partial charge in [0.25, 0.3) is 10.0 Å². The number of anilines is 1. The average molecular weight is 407 g/mol. The lowest BCUT2D eigenvalue weighted by Crippen LogP contribution is -2.36. The molecule has 1 fully saturated rings. The maximum absolute atomic E-state index is 13.2. The third kappa shape index (κ3) is 4.62. The number of carbonyl (C=O) groups excluding carboxylic acids is 1. The molecule has 0 saturated heterocycles. The molecule has 1 saturated carbocycles. The fraction of sp³-hybridized carbons (Fsp3) is 0.350. The second-order valence-electron chi connectivity index (χ2n) is 6.56. The lowest BCUT2D eigenvalue weighted by molar-refractivity contribution is -0.138. The summed E-state index contributed by atoms with van der Waals surface area (Å²) in [7, 11) is -2.90. The lowest BCUT2D eigenvalue weighted by Gasteiger charge is -2.24. The van der Waals surface area contributed by atoms with Gasteiger partial charge in [0.2, 0.25) is 0 Å². The van der Waals surface area contributed by atoms with Crippen molar-refractivity contribution in [1.29, 1.82) is 0 Å². The number of esters is 1. The minimum Gasteiger partial charge on any atom is -0.490 e. The average Bonchev–Trinajstić information content (AvgIpc) is 3.20. The summed E-state index contributed by atoms with van der Waals surface area (Å²) in [5, 5.41) is 0. The molecule has 0 N–H and O–H groups in total. The highest BCUT2D eigenvalue weighted by atomic mass is 32.2. The Bertz CT molecular complexity index is 907. The molecule has 0 bridgehead atoms. The van der Waals surface area contributed by atoms with Crippen LogP contribution in [-0.2, 0) is 19.6 Å². The highest BCUT2D eigenvalue weighted by Gasteiger charge is 2.28. The highest BCUT2D eigenvalue weighted by molar-refractivity contribution is 7.92. The zero-order valence-electron chi connectivity index (χ0n) is 15.5. The molecule has 0 aromatic heterocycles. The first-order chi connectivity index (χ1) is 13.4. The van der Waals surface area contributed by atoms with Crippen LogP contribution >= 0.6 is 0 Å². The Balaban J connectivity index is 1.88. The molecule has 0 radical (unpaired) electrons. The molecule has 0 spiro atoms. The molecule has 0 heterocycles. The minimum atomic E-state index is -4.09. The van der Waals surface area contributed by atoms with Gasteiger partial charge in [0.15, 0.2) is 0 Å². The van der Waals surface area contributed by atoms with Gasteiger partial charge in [-0.15, -0.1) is 0 Å². The molecular formula is C20H22FNO5S. The monoisotopic (exact) mass is 407 g/mol. The van der Waals surface area contributed by atoms with Gasteiger partial charge in [-0.2, -0.15) is 0 Å². The van der Waals surface area contributed by atoms with Gasteiger partial charge in [0.1, 0.15) is 18.1 Å². The summed E-state index contributed by atoms with van der Waals surface area (Å²) >= 11 is 0. The predicted octanol–water partition coefficient (Wildman–Crippen LogP) is 3.52. The first-order valence-corrected chi connectivity index (χ1v) is 10.5. The van der Waals surface area contributed by atoms with E-state index in [9.17, 15) is 17.6 Å². The van der Waals surface area contributed by atoms with Crippen LogP contribution < -0.4 is 9.04 Å². The molecule has 0 amide bonds. The van der Waals surface area contributed by atoms with Crippen molar-refractivity contribution in [2.45, 2.75) is 36.7 Å². The second-order valence-corrected chi connectivity index (χ2v) is 8.42. The molecule has 8 heteroatoms. The van der Waals surface area contributed by atoms with E-state index in [2.05, 4.69) is 4.74 Å². The highest BCUT2D eigenvalue weighted by Crippen LogP contribution is 2.28. The predicted molar refractivity (Wildman–Crippen MR) is 102 cm³/mol. The Morgan fingerprint density at radius 1 is 1.07 bits per heavy atom. The molecule has 150 valence electrons. The zero-order chi connectivity index (χ0) is 20.1. The van der Waals surface area contributed by atoms with Gasteiger partial charge in [-0.3, -0.25) is 9.10 Å². The van der Waals surface area contributed by atoms with Crippen molar-refractivity contribution < 1.29 is 27.1 Å². The number of carbonyl (C=O) groups is 1. The van der Waals surface area contributed by atoms with Crippen LogP contribution in [0, 0.1) is 5.82 Å². The fourth-order valence-electron chi connectivity index (χ4n) is 3.12. The Labute approximate surface area is 163 Å². The van der Waals surface area contributed by atoms with E-state index in [1.807, 2.05) is 0 Å². The Morgan fingerprint density at radius 3 is 2.25 bits per heavy atom. The molecule has 1 aliphatic carbocycles. The van der Waals surface area contributed by atoms with Crippen LogP contribution in [0.3, 0.4) is 0 Å². The van der Waals surface area contributed by atoms with Crippen molar-refractivity contribution in [2.75, 3.05) is 18.0 Å². The third-order valence-corrected chi connectivity index (χ3v) is 6.42. The summed E-state index contributed by atoms with van der Waals surface area (Å²) in [6.45, 7) is -0.501. The first kappa shape index (κ1) is 20.1. The molecule has 0 atom stereocenters. The largest absolute Gasteiger partial charge is 0.490 e. The quantitative estimate of drug-likeness (QED) is 0.657. The van der Waals surface area contributed by atoms with E-state index in [1.54, 1.807) is 24.3 Å². The molecular weight excluding hydrogens is 385 g/mol. The summed E-state index contributed by atoms with van der Waals surface area (Å²) < 4.78 is 50.7. The maximum Gasteiger partial charge on any atom is 0.326 e. The van der Waals surface area contributed by atoms with Crippen molar-refractivity contribution in [3.05, 3.63) is 54.3 Å². The van der Waals surface area contributed by atoms with Crippen LogP contribution in [0.1, 0.15) is 25.7 Å². The SMILES string of the molecule is COC(=O)CN(c1ccc(OC2CCCC2)cc1)S(=O)(=O)c1ccc(F)cc1. The van der Waals surface area contributed by atoms with Crippen molar-refractivity contribution >= 4 is 21.7 Å². The Hall–Kier alpha value is -2.61. The number of halogens is 1. The van der Waals surface area contributed by atoms with E-state index >= 15 is 0 Å². The Morgan fingerprint density at radius 2 is 1.68 bits per heavy atom. The van der Waals surface area contributed by atoms with Gasteiger partial charge in [-0.05, 0) is 74.2 Å². The Kier molecular flexibility index (Phi) is 6.18. The van der Waals surface area contributed by atoms with E-state index in [0.29, 0.717) is 5.75 Å². The van der Waals surface area contributed by atoms with Crippen LogP contribution in [0.5, 0.6) is 5.75 Å². The smallest absolute Gasteiger partial charge is 0.326 e. The van der Waals surface area contributed by atoms with Gasteiger partial charge < -0.3 is 9.47 Å². The molecule has 2 aromatic rings. The minimum absolute atomic E-state index is 0.121. The number of ether oxygens (including phenoxy) is 2. The summed E-state index contributed by atoms with van der Waals surface area (Å²) in [5.41, 5.74) is 0.286. The van der Waals surface area contributed by atoms with Gasteiger partial charge in [0.05, 0.1) is 23.8 Å². The number of hydrogen-bond acceptors (Lipinski definition) is 5. The number of benzene rings is 2. The van der Waals surface area contributed by atoms with Gasteiger partial charge in [0, 0.05) is 0 Å². The van der Waals surface area contributed by atoms with E-state index in [1.165, 1.54) is 7.11 Å². The summed E-state index contributed by atoms with van der Waals surface area (Å²) in [6.07, 6.45) is 4.49. The van der Waals surface area contributed by atoms with Crippen LogP contribution in [0.4, 0.5) is 10.1 Å². The molecule has 0 aliphatic heterocycles. The summed E-state index contributed by atoms with van der Waals surface area (Å²) in [5.74, 6) is -0.614. The summed E-state index contributed by atoms with van der Waals surface area (Å²) in [6, 6.07) is 10.9. The molecule has 2 aromatic carbocycles. The van der Waals surface area contributed by atoms with E-state index in [4.69, 9.17) is 4.74 Å². The van der Waals surface area contributed by atoms with Crippen molar-refractivity contribution in [1.82, 2.24) is 0 Å². The van der Waals surface area contributed by atoms with Gasteiger partial charge >= 0.3 is 5.97 Å². The van der Waals surface area contributed by atoms with Crippen LogP contribution in [0.15, 0.2) is 53.4 Å².